The van der Waals surface area contributed by atoms with E-state index in [0.717, 1.165) is 5.56 Å². The Morgan fingerprint density at radius 1 is 1.29 bits per heavy atom. The molecule has 0 atom stereocenters. The average Bonchev–Trinajstić information content (AvgIpc) is 2.91. The van der Waals surface area contributed by atoms with E-state index in [0.29, 0.717) is 16.3 Å². The second kappa shape index (κ2) is 6.90. The van der Waals surface area contributed by atoms with Crippen LogP contribution in [0.1, 0.15) is 15.2 Å². The van der Waals surface area contributed by atoms with Gasteiger partial charge < -0.3 is 14.8 Å². The lowest BCUT2D eigenvalue weighted by molar-refractivity contribution is -0.142. The molecule has 0 spiro atoms. The third-order valence-electron chi connectivity index (χ3n) is 2.74. The van der Waals surface area contributed by atoms with Gasteiger partial charge in [-0.3, -0.25) is 4.79 Å². The third kappa shape index (κ3) is 4.06. The number of thiophene rings is 1. The minimum absolute atomic E-state index is 0.160. The molecule has 2 rings (SSSR count). The summed E-state index contributed by atoms with van der Waals surface area (Å²) in [5.74, 6) is -0.132. The average molecular weight is 305 g/mol. The number of nitrogens with one attached hydrogen (secondary N) is 1. The highest BCUT2D eigenvalue weighted by molar-refractivity contribution is 7.12. The number of hydrogen-bond donors (Lipinski definition) is 1. The first kappa shape index (κ1) is 15.1. The van der Waals surface area contributed by atoms with Crippen LogP contribution in [0.25, 0.3) is 0 Å². The summed E-state index contributed by atoms with van der Waals surface area (Å²) in [6, 6.07) is 8.75. The Bertz CT molecular complexity index is 651. The smallest absolute Gasteiger partial charge is 0.343 e. The maximum absolute atomic E-state index is 12.1. The van der Waals surface area contributed by atoms with Crippen LogP contribution in [0.2, 0.25) is 0 Å². The van der Waals surface area contributed by atoms with Crippen molar-refractivity contribution in [3.8, 4) is 5.75 Å². The Labute approximate surface area is 126 Å². The predicted molar refractivity (Wildman–Crippen MR) is 81.0 cm³/mol. The van der Waals surface area contributed by atoms with Crippen molar-refractivity contribution < 1.29 is 19.1 Å². The van der Waals surface area contributed by atoms with Gasteiger partial charge in [-0.15, -0.1) is 11.3 Å². The molecular formula is C15H15NO4S. The molecule has 1 amide bonds. The highest BCUT2D eigenvalue weighted by atomic mass is 32.1. The van der Waals surface area contributed by atoms with Gasteiger partial charge in [-0.25, -0.2) is 4.79 Å². The molecule has 21 heavy (non-hydrogen) atoms. The van der Waals surface area contributed by atoms with Crippen LogP contribution in [0, 0.1) is 6.92 Å². The molecule has 0 aliphatic heterocycles. The molecule has 0 aliphatic rings. The van der Waals surface area contributed by atoms with Crippen LogP contribution in [0.5, 0.6) is 5.75 Å². The van der Waals surface area contributed by atoms with Gasteiger partial charge in [-0.1, -0.05) is 6.07 Å². The molecule has 0 saturated carbocycles. The summed E-state index contributed by atoms with van der Waals surface area (Å²) >= 11 is 1.39. The molecule has 1 N–H and O–H groups in total. The van der Waals surface area contributed by atoms with Gasteiger partial charge in [0.25, 0.3) is 5.91 Å². The fourth-order valence-electron chi connectivity index (χ4n) is 1.66. The van der Waals surface area contributed by atoms with E-state index in [9.17, 15) is 9.59 Å². The van der Waals surface area contributed by atoms with Gasteiger partial charge in [-0.2, -0.15) is 0 Å². The van der Waals surface area contributed by atoms with Crippen molar-refractivity contribution in [2.24, 2.45) is 0 Å². The van der Waals surface area contributed by atoms with E-state index in [4.69, 9.17) is 4.74 Å². The van der Waals surface area contributed by atoms with Crippen LogP contribution >= 0.6 is 11.3 Å². The van der Waals surface area contributed by atoms with Crippen molar-refractivity contribution in [2.45, 2.75) is 6.92 Å². The number of benzene rings is 1. The lowest BCUT2D eigenvalue weighted by Gasteiger charge is -2.08. The second-order valence-corrected chi connectivity index (χ2v) is 5.20. The van der Waals surface area contributed by atoms with E-state index in [1.807, 2.05) is 18.4 Å². The standard InChI is InChI=1S/C15H15NO4S/c1-10-6-7-21-14(10)15(18)16-11-4-3-5-12(8-11)20-9-13(17)19-2/h3-8H,9H2,1-2H3,(H,16,18). The number of methoxy groups -OCH3 is 1. The summed E-state index contributed by atoms with van der Waals surface area (Å²) in [4.78, 5) is 23.8. The summed E-state index contributed by atoms with van der Waals surface area (Å²) in [6.07, 6.45) is 0. The lowest BCUT2D eigenvalue weighted by atomic mass is 10.2. The number of carbonyl (C=O) groups is 2. The number of hydrogen-bond acceptors (Lipinski definition) is 5. The topological polar surface area (TPSA) is 64.6 Å². The molecule has 110 valence electrons. The zero-order chi connectivity index (χ0) is 15.2. The first-order valence-corrected chi connectivity index (χ1v) is 7.13. The molecule has 0 unspecified atom stereocenters. The van der Waals surface area contributed by atoms with Gasteiger partial charge >= 0.3 is 5.97 Å². The van der Waals surface area contributed by atoms with Crippen LogP contribution in [0.15, 0.2) is 35.7 Å². The quantitative estimate of drug-likeness (QED) is 0.863. The predicted octanol–water partition coefficient (Wildman–Crippen LogP) is 2.86. The van der Waals surface area contributed by atoms with Crippen molar-refractivity contribution in [3.63, 3.8) is 0 Å². The molecule has 0 aliphatic carbocycles. The molecular weight excluding hydrogens is 290 g/mol. The van der Waals surface area contributed by atoms with Crippen LogP contribution in [0.3, 0.4) is 0 Å². The Morgan fingerprint density at radius 2 is 2.10 bits per heavy atom. The Hall–Kier alpha value is -2.34. The SMILES string of the molecule is COC(=O)COc1cccc(NC(=O)c2sccc2C)c1. The van der Waals surface area contributed by atoms with Crippen LogP contribution in [0.4, 0.5) is 5.69 Å². The fourth-order valence-corrected chi connectivity index (χ4v) is 2.48. The molecule has 0 saturated heterocycles. The van der Waals surface area contributed by atoms with E-state index in [2.05, 4.69) is 10.1 Å². The summed E-state index contributed by atoms with van der Waals surface area (Å²) in [7, 11) is 1.30. The fraction of sp³-hybridized carbons (Fsp3) is 0.200. The molecule has 0 radical (unpaired) electrons. The number of anilines is 1. The Kier molecular flexibility index (Phi) is 4.94. The highest BCUT2D eigenvalue weighted by Gasteiger charge is 2.11. The maximum Gasteiger partial charge on any atom is 0.343 e. The molecule has 0 fully saturated rings. The number of ether oxygens (including phenoxy) is 2. The Morgan fingerprint density at radius 3 is 2.76 bits per heavy atom. The van der Waals surface area contributed by atoms with Crippen LogP contribution < -0.4 is 10.1 Å². The summed E-state index contributed by atoms with van der Waals surface area (Å²) < 4.78 is 9.77. The summed E-state index contributed by atoms with van der Waals surface area (Å²) in [6.45, 7) is 1.72. The van der Waals surface area contributed by atoms with Gasteiger partial charge in [-0.05, 0) is 36.1 Å². The van der Waals surface area contributed by atoms with E-state index < -0.39 is 5.97 Å². The first-order chi connectivity index (χ1) is 10.1. The number of esters is 1. The molecule has 1 aromatic heterocycles. The minimum Gasteiger partial charge on any atom is -0.482 e. The van der Waals surface area contributed by atoms with E-state index in [1.54, 1.807) is 24.3 Å². The lowest BCUT2D eigenvalue weighted by Crippen LogP contribution is -2.13. The van der Waals surface area contributed by atoms with Crippen molar-refractivity contribution in [2.75, 3.05) is 19.0 Å². The molecule has 0 bridgehead atoms. The molecule has 1 heterocycles. The molecule has 5 nitrogen and oxygen atoms in total. The van der Waals surface area contributed by atoms with Crippen molar-refractivity contribution in [3.05, 3.63) is 46.2 Å². The molecule has 2 aromatic rings. The Balaban J connectivity index is 2.02. The second-order valence-electron chi connectivity index (χ2n) is 4.28. The number of carbonyl (C=O) groups excluding carboxylic acids is 2. The minimum atomic E-state index is -0.460. The van der Waals surface area contributed by atoms with Gasteiger partial charge in [0, 0.05) is 11.8 Å². The normalized spacial score (nSPS) is 10.0. The molecule has 1 aromatic carbocycles. The summed E-state index contributed by atoms with van der Waals surface area (Å²) in [5, 5.41) is 4.68. The van der Waals surface area contributed by atoms with Crippen LogP contribution in [-0.4, -0.2) is 25.6 Å². The van der Waals surface area contributed by atoms with Crippen LogP contribution in [-0.2, 0) is 9.53 Å². The summed E-state index contributed by atoms with van der Waals surface area (Å²) in [5.41, 5.74) is 1.55. The monoisotopic (exact) mass is 305 g/mol. The van der Waals surface area contributed by atoms with E-state index in [1.165, 1.54) is 18.4 Å². The highest BCUT2D eigenvalue weighted by Crippen LogP contribution is 2.21. The van der Waals surface area contributed by atoms with Gasteiger partial charge in [0.15, 0.2) is 6.61 Å². The van der Waals surface area contributed by atoms with E-state index in [-0.39, 0.29) is 12.5 Å². The van der Waals surface area contributed by atoms with Gasteiger partial charge in [0.2, 0.25) is 0 Å². The maximum atomic E-state index is 12.1. The zero-order valence-corrected chi connectivity index (χ0v) is 12.5. The van der Waals surface area contributed by atoms with Crippen molar-refractivity contribution in [1.29, 1.82) is 0 Å². The number of rotatable bonds is 5. The van der Waals surface area contributed by atoms with E-state index >= 15 is 0 Å². The molecule has 6 heteroatoms. The first-order valence-electron chi connectivity index (χ1n) is 6.25. The van der Waals surface area contributed by atoms with Gasteiger partial charge in [0.1, 0.15) is 5.75 Å². The largest absolute Gasteiger partial charge is 0.482 e. The van der Waals surface area contributed by atoms with Gasteiger partial charge in [0.05, 0.1) is 12.0 Å². The zero-order valence-electron chi connectivity index (χ0n) is 11.7. The third-order valence-corrected chi connectivity index (χ3v) is 3.76. The van der Waals surface area contributed by atoms with Crippen molar-refractivity contribution in [1.82, 2.24) is 0 Å². The number of amides is 1. The van der Waals surface area contributed by atoms with Crippen molar-refractivity contribution >= 4 is 28.9 Å². The number of aryl methyl sites for hydroxylation is 1.